The summed E-state index contributed by atoms with van der Waals surface area (Å²) in [5, 5.41) is 10.9. The molecule has 0 aliphatic carbocycles. The number of pyridine rings is 1. The van der Waals surface area contributed by atoms with Crippen molar-refractivity contribution in [3.63, 3.8) is 0 Å². The van der Waals surface area contributed by atoms with E-state index < -0.39 is 0 Å². The molecule has 0 atom stereocenters. The Morgan fingerprint density at radius 2 is 2.15 bits per heavy atom. The maximum Gasteiger partial charge on any atom is 0.255 e. The molecule has 1 amide bonds. The van der Waals surface area contributed by atoms with Crippen LogP contribution in [0.25, 0.3) is 10.9 Å². The fourth-order valence-electron chi connectivity index (χ4n) is 1.98. The van der Waals surface area contributed by atoms with Gasteiger partial charge in [-0.25, -0.2) is 4.98 Å². The normalized spacial score (nSPS) is 10.7. The third kappa shape index (κ3) is 2.48. The molecule has 2 N–H and O–H groups in total. The van der Waals surface area contributed by atoms with Gasteiger partial charge in [0, 0.05) is 22.3 Å². The van der Waals surface area contributed by atoms with Crippen LogP contribution >= 0.6 is 11.6 Å². The topological polar surface area (TPSA) is 70.7 Å². The van der Waals surface area contributed by atoms with E-state index in [-0.39, 0.29) is 5.91 Å². The molecule has 3 rings (SSSR count). The molecule has 20 heavy (non-hydrogen) atoms. The molecule has 0 spiro atoms. The highest BCUT2D eigenvalue weighted by atomic mass is 35.5. The fraction of sp³-hybridized carbons (Fsp3) is 0.0714. The summed E-state index contributed by atoms with van der Waals surface area (Å²) in [5.74, 6) is -0.226. The second-order valence-corrected chi connectivity index (χ2v) is 4.83. The van der Waals surface area contributed by atoms with Gasteiger partial charge in [0.15, 0.2) is 0 Å². The quantitative estimate of drug-likeness (QED) is 0.711. The summed E-state index contributed by atoms with van der Waals surface area (Å²) < 4.78 is 0. The number of benzene rings is 1. The number of nitrogens with one attached hydrogen (secondary N) is 2. The molecular formula is C14H11ClN4O. The molecule has 0 fully saturated rings. The number of rotatable bonds is 2. The number of hydrogen-bond donors (Lipinski definition) is 2. The Kier molecular flexibility index (Phi) is 3.12. The Labute approximate surface area is 120 Å². The Balaban J connectivity index is 1.87. The molecule has 0 unspecified atom stereocenters. The predicted octanol–water partition coefficient (Wildman–Crippen LogP) is 3.17. The zero-order chi connectivity index (χ0) is 14.1. The Morgan fingerprint density at radius 1 is 1.30 bits per heavy atom. The molecule has 0 saturated carbocycles. The van der Waals surface area contributed by atoms with E-state index in [1.807, 2.05) is 18.2 Å². The minimum absolute atomic E-state index is 0.226. The first-order valence-corrected chi connectivity index (χ1v) is 6.38. The molecule has 3 aromatic rings. The number of anilines is 1. The molecule has 0 aliphatic rings. The van der Waals surface area contributed by atoms with Crippen LogP contribution in [-0.2, 0) is 0 Å². The first kappa shape index (κ1) is 12.6. The fourth-order valence-corrected chi connectivity index (χ4v) is 2.23. The third-order valence-electron chi connectivity index (χ3n) is 2.88. The van der Waals surface area contributed by atoms with Crippen LogP contribution in [0.15, 0.2) is 36.5 Å². The van der Waals surface area contributed by atoms with Gasteiger partial charge in [0.05, 0.1) is 11.7 Å². The lowest BCUT2D eigenvalue weighted by atomic mass is 10.2. The molecule has 1 aromatic carbocycles. The maximum atomic E-state index is 12.2. The number of aromatic amines is 1. The molecule has 2 aromatic heterocycles. The van der Waals surface area contributed by atoms with E-state index in [4.69, 9.17) is 11.6 Å². The lowest BCUT2D eigenvalue weighted by Gasteiger charge is -2.06. The molecule has 100 valence electrons. The van der Waals surface area contributed by atoms with Crippen LogP contribution in [0.5, 0.6) is 0 Å². The minimum atomic E-state index is -0.226. The van der Waals surface area contributed by atoms with E-state index in [9.17, 15) is 4.79 Å². The van der Waals surface area contributed by atoms with E-state index in [0.29, 0.717) is 22.1 Å². The number of fused-ring (bicyclic) bond motifs is 1. The van der Waals surface area contributed by atoms with Crippen LogP contribution in [0.3, 0.4) is 0 Å². The summed E-state index contributed by atoms with van der Waals surface area (Å²) in [5.41, 5.74) is 2.74. The summed E-state index contributed by atoms with van der Waals surface area (Å²) in [6.45, 7) is 1.79. The van der Waals surface area contributed by atoms with Gasteiger partial charge in [-0.1, -0.05) is 11.6 Å². The predicted molar refractivity (Wildman–Crippen MR) is 78.0 cm³/mol. The van der Waals surface area contributed by atoms with Crippen molar-refractivity contribution in [3.8, 4) is 0 Å². The molecular weight excluding hydrogens is 276 g/mol. The Hall–Kier alpha value is -2.40. The third-order valence-corrected chi connectivity index (χ3v) is 3.08. The van der Waals surface area contributed by atoms with E-state index in [1.165, 1.54) is 0 Å². The number of H-pyrrole nitrogens is 1. The number of carbonyl (C=O) groups excluding carboxylic acids is 1. The van der Waals surface area contributed by atoms with Gasteiger partial charge >= 0.3 is 0 Å². The van der Waals surface area contributed by atoms with Crippen LogP contribution in [0, 0.1) is 6.92 Å². The van der Waals surface area contributed by atoms with Crippen LogP contribution in [0.2, 0.25) is 5.15 Å². The lowest BCUT2D eigenvalue weighted by Crippen LogP contribution is -2.12. The summed E-state index contributed by atoms with van der Waals surface area (Å²) in [6.07, 6.45) is 1.73. The van der Waals surface area contributed by atoms with Gasteiger partial charge in [0.1, 0.15) is 5.15 Å². The van der Waals surface area contributed by atoms with E-state index in [0.717, 1.165) is 10.9 Å². The average Bonchev–Trinajstić information content (AvgIpc) is 2.85. The highest BCUT2D eigenvalue weighted by Crippen LogP contribution is 2.18. The number of aryl methyl sites for hydroxylation is 1. The molecule has 6 heteroatoms. The minimum Gasteiger partial charge on any atom is -0.322 e. The highest BCUT2D eigenvalue weighted by molar-refractivity contribution is 6.29. The van der Waals surface area contributed by atoms with Gasteiger partial charge in [-0.2, -0.15) is 5.10 Å². The van der Waals surface area contributed by atoms with Gasteiger partial charge in [0.2, 0.25) is 0 Å². The van der Waals surface area contributed by atoms with Gasteiger partial charge in [-0.05, 0) is 37.3 Å². The second kappa shape index (κ2) is 4.94. The van der Waals surface area contributed by atoms with Gasteiger partial charge in [0.25, 0.3) is 5.91 Å². The number of amides is 1. The highest BCUT2D eigenvalue weighted by Gasteiger charge is 2.09. The number of halogens is 1. The number of nitrogens with zero attached hydrogens (tertiary/aromatic N) is 2. The second-order valence-electron chi connectivity index (χ2n) is 4.45. The number of hydrogen-bond acceptors (Lipinski definition) is 3. The smallest absolute Gasteiger partial charge is 0.255 e. The van der Waals surface area contributed by atoms with E-state index in [1.54, 1.807) is 25.3 Å². The summed E-state index contributed by atoms with van der Waals surface area (Å²) in [6, 6.07) is 8.77. The zero-order valence-electron chi connectivity index (χ0n) is 10.6. The van der Waals surface area contributed by atoms with Crippen LogP contribution in [0.1, 0.15) is 16.1 Å². The van der Waals surface area contributed by atoms with Gasteiger partial charge in [-0.15, -0.1) is 0 Å². The van der Waals surface area contributed by atoms with Crippen molar-refractivity contribution in [1.29, 1.82) is 0 Å². The SMILES string of the molecule is Cc1cc(C(=O)Nc2ccc3cn[nH]c3c2)cc(Cl)n1. The van der Waals surface area contributed by atoms with Crippen molar-refractivity contribution in [2.45, 2.75) is 6.92 Å². The monoisotopic (exact) mass is 286 g/mol. The van der Waals surface area contributed by atoms with Gasteiger partial charge < -0.3 is 5.32 Å². The van der Waals surface area contributed by atoms with Crippen molar-refractivity contribution >= 4 is 34.1 Å². The van der Waals surface area contributed by atoms with Crippen molar-refractivity contribution in [1.82, 2.24) is 15.2 Å². The largest absolute Gasteiger partial charge is 0.322 e. The summed E-state index contributed by atoms with van der Waals surface area (Å²) in [7, 11) is 0. The molecule has 0 bridgehead atoms. The standard InChI is InChI=1S/C14H11ClN4O/c1-8-4-10(5-13(15)17-8)14(20)18-11-3-2-9-7-16-19-12(9)6-11/h2-7H,1H3,(H,16,19)(H,18,20). The molecule has 0 saturated heterocycles. The zero-order valence-corrected chi connectivity index (χ0v) is 11.4. The van der Waals surface area contributed by atoms with Crippen LogP contribution in [0.4, 0.5) is 5.69 Å². The average molecular weight is 287 g/mol. The van der Waals surface area contributed by atoms with Gasteiger partial charge in [-0.3, -0.25) is 9.89 Å². The van der Waals surface area contributed by atoms with Crippen molar-refractivity contribution in [3.05, 3.63) is 52.9 Å². The molecule has 0 radical (unpaired) electrons. The van der Waals surface area contributed by atoms with Crippen molar-refractivity contribution < 1.29 is 4.79 Å². The van der Waals surface area contributed by atoms with E-state index in [2.05, 4.69) is 20.5 Å². The maximum absolute atomic E-state index is 12.2. The molecule has 2 heterocycles. The molecule has 0 aliphatic heterocycles. The molecule has 5 nitrogen and oxygen atoms in total. The first-order chi connectivity index (χ1) is 9.61. The van der Waals surface area contributed by atoms with Crippen LogP contribution in [-0.4, -0.2) is 21.1 Å². The number of aromatic nitrogens is 3. The lowest BCUT2D eigenvalue weighted by molar-refractivity contribution is 0.102. The Bertz CT molecular complexity index is 776. The van der Waals surface area contributed by atoms with Crippen molar-refractivity contribution in [2.75, 3.05) is 5.32 Å². The van der Waals surface area contributed by atoms with E-state index >= 15 is 0 Å². The van der Waals surface area contributed by atoms with Crippen LogP contribution < -0.4 is 5.32 Å². The summed E-state index contributed by atoms with van der Waals surface area (Å²) in [4.78, 5) is 16.2. The summed E-state index contributed by atoms with van der Waals surface area (Å²) >= 11 is 5.86. The Morgan fingerprint density at radius 3 is 2.95 bits per heavy atom. The van der Waals surface area contributed by atoms with Crippen molar-refractivity contribution in [2.24, 2.45) is 0 Å². The first-order valence-electron chi connectivity index (χ1n) is 6.00. The number of carbonyl (C=O) groups is 1.